The van der Waals surface area contributed by atoms with E-state index in [1.165, 1.54) is 11.8 Å². The van der Waals surface area contributed by atoms with Crippen molar-refractivity contribution in [1.29, 1.82) is 5.41 Å². The van der Waals surface area contributed by atoms with E-state index in [2.05, 4.69) is 4.99 Å². The van der Waals surface area contributed by atoms with E-state index < -0.39 is 5.91 Å². The number of aliphatic imine (C=N–C) groups is 1. The number of amides is 1. The van der Waals surface area contributed by atoms with Gasteiger partial charge >= 0.3 is 0 Å². The van der Waals surface area contributed by atoms with Crippen molar-refractivity contribution in [3.63, 3.8) is 0 Å². The molecule has 0 aliphatic carbocycles. The summed E-state index contributed by atoms with van der Waals surface area (Å²) in [5.74, 6) is 0.621. The zero-order valence-corrected chi connectivity index (χ0v) is 22.0. The van der Waals surface area contributed by atoms with Gasteiger partial charge in [0.1, 0.15) is 12.4 Å². The summed E-state index contributed by atoms with van der Waals surface area (Å²) in [4.78, 5) is 18.8. The number of rotatable bonds is 7. The van der Waals surface area contributed by atoms with E-state index in [0.29, 0.717) is 44.4 Å². The Labute approximate surface area is 228 Å². The molecule has 0 radical (unpaired) electrons. The van der Waals surface area contributed by atoms with Crippen LogP contribution in [0, 0.1) is 5.41 Å². The fraction of sp³-hybridized carbons (Fsp3) is 0.107. The van der Waals surface area contributed by atoms with E-state index >= 15 is 0 Å². The van der Waals surface area contributed by atoms with Crippen molar-refractivity contribution in [2.75, 3.05) is 6.61 Å². The lowest BCUT2D eigenvalue weighted by Gasteiger charge is -2.27. The van der Waals surface area contributed by atoms with Gasteiger partial charge in [-0.1, -0.05) is 77.4 Å². The Balaban J connectivity index is 1.42. The molecule has 2 aliphatic heterocycles. The number of benzene rings is 3. The minimum Gasteiger partial charge on any atom is -0.490 e. The van der Waals surface area contributed by atoms with Crippen LogP contribution in [0.15, 0.2) is 82.7 Å². The number of carbonyl (C=O) groups excluding carboxylic acids is 1. The third kappa shape index (κ3) is 5.16. The Hall–Kier alpha value is -3.52. The summed E-state index contributed by atoms with van der Waals surface area (Å²) >= 11 is 13.9. The Morgan fingerprint density at radius 2 is 1.76 bits per heavy atom. The van der Waals surface area contributed by atoms with Crippen LogP contribution in [0.2, 0.25) is 10.0 Å². The molecule has 5 rings (SSSR count). The molecule has 3 aromatic rings. The van der Waals surface area contributed by atoms with Gasteiger partial charge in [0.2, 0.25) is 0 Å². The molecule has 0 unspecified atom stereocenters. The molecule has 186 valence electrons. The van der Waals surface area contributed by atoms with Gasteiger partial charge in [0.05, 0.1) is 17.9 Å². The molecule has 0 aromatic heterocycles. The van der Waals surface area contributed by atoms with Gasteiger partial charge in [0.15, 0.2) is 16.7 Å². The number of hydrogen-bond donors (Lipinski definition) is 1. The maximum atomic E-state index is 12.9. The fourth-order valence-electron chi connectivity index (χ4n) is 3.90. The summed E-state index contributed by atoms with van der Waals surface area (Å²) < 4.78 is 11.8. The smallest absolute Gasteiger partial charge is 0.283 e. The molecule has 1 amide bonds. The van der Waals surface area contributed by atoms with Gasteiger partial charge in [0, 0.05) is 21.0 Å². The van der Waals surface area contributed by atoms with Gasteiger partial charge in [-0.3, -0.25) is 15.1 Å². The molecule has 3 aromatic carbocycles. The maximum absolute atomic E-state index is 12.9. The highest BCUT2D eigenvalue weighted by molar-refractivity contribution is 8.17. The van der Waals surface area contributed by atoms with E-state index in [0.717, 1.165) is 11.3 Å². The highest BCUT2D eigenvalue weighted by atomic mass is 35.5. The monoisotopic (exact) mass is 549 g/mol. The molecule has 0 saturated heterocycles. The summed E-state index contributed by atoms with van der Waals surface area (Å²) in [6, 6.07) is 20.3. The van der Waals surface area contributed by atoms with E-state index in [1.54, 1.807) is 47.4 Å². The lowest BCUT2D eigenvalue weighted by atomic mass is 10.1. The Kier molecular flexibility index (Phi) is 7.37. The second-order valence-corrected chi connectivity index (χ2v) is 9.71. The van der Waals surface area contributed by atoms with E-state index in [1.807, 2.05) is 42.7 Å². The first kappa shape index (κ1) is 25.1. The Morgan fingerprint density at radius 1 is 1.00 bits per heavy atom. The molecule has 6 nitrogen and oxygen atoms in total. The van der Waals surface area contributed by atoms with Crippen molar-refractivity contribution in [2.45, 2.75) is 13.5 Å². The van der Waals surface area contributed by atoms with Crippen LogP contribution < -0.4 is 9.47 Å². The average molecular weight is 550 g/mol. The minimum atomic E-state index is -0.460. The van der Waals surface area contributed by atoms with Gasteiger partial charge in [-0.05, 0) is 48.4 Å². The Bertz CT molecular complexity index is 1460. The molecule has 0 saturated carbocycles. The number of carbonyl (C=O) groups is 1. The third-order valence-corrected chi connectivity index (χ3v) is 7.23. The van der Waals surface area contributed by atoms with Crippen LogP contribution in [0.25, 0.3) is 11.8 Å². The van der Waals surface area contributed by atoms with Crippen LogP contribution in [-0.2, 0) is 11.4 Å². The second-order valence-electron chi connectivity index (χ2n) is 8.06. The molecule has 2 aliphatic rings. The molecule has 0 atom stereocenters. The zero-order chi connectivity index (χ0) is 25.9. The number of ether oxygens (including phenoxy) is 2. The lowest BCUT2D eigenvalue weighted by Crippen LogP contribution is -2.38. The quantitative estimate of drug-likeness (QED) is 0.313. The Morgan fingerprint density at radius 3 is 2.49 bits per heavy atom. The van der Waals surface area contributed by atoms with E-state index in [4.69, 9.17) is 38.1 Å². The molecule has 2 heterocycles. The molecular weight excluding hydrogens is 529 g/mol. The molecule has 0 bridgehead atoms. The maximum Gasteiger partial charge on any atom is 0.283 e. The van der Waals surface area contributed by atoms with Gasteiger partial charge in [-0.15, -0.1) is 0 Å². The van der Waals surface area contributed by atoms with Crippen LogP contribution in [0.4, 0.5) is 0 Å². The van der Waals surface area contributed by atoms with Crippen LogP contribution in [0.5, 0.6) is 11.5 Å². The minimum absolute atomic E-state index is 0.0711. The number of thioether (sulfide) groups is 1. The third-order valence-electron chi connectivity index (χ3n) is 5.70. The number of nitrogens with one attached hydrogen (secondary N) is 1. The molecule has 9 heteroatoms. The first-order chi connectivity index (χ1) is 18.0. The largest absolute Gasteiger partial charge is 0.490 e. The normalized spacial score (nSPS) is 16.0. The first-order valence-electron chi connectivity index (χ1n) is 11.4. The van der Waals surface area contributed by atoms with Gasteiger partial charge in [-0.25, -0.2) is 0 Å². The van der Waals surface area contributed by atoms with Crippen LogP contribution >= 0.6 is 35.0 Å². The molecule has 1 N–H and O–H groups in total. The number of fused-ring (bicyclic) bond motifs is 1. The highest BCUT2D eigenvalue weighted by Gasteiger charge is 2.36. The predicted molar refractivity (Wildman–Crippen MR) is 150 cm³/mol. The highest BCUT2D eigenvalue weighted by Crippen LogP contribution is 2.38. The molecular formula is C28H21Cl2N3O3S. The summed E-state index contributed by atoms with van der Waals surface area (Å²) in [6.07, 6.45) is 1.65. The van der Waals surface area contributed by atoms with Crippen LogP contribution in [-0.4, -0.2) is 28.4 Å². The van der Waals surface area contributed by atoms with Crippen molar-refractivity contribution in [3.8, 4) is 11.5 Å². The second kappa shape index (κ2) is 10.8. The topological polar surface area (TPSA) is 75.0 Å². The van der Waals surface area contributed by atoms with Crippen molar-refractivity contribution >= 4 is 63.6 Å². The number of halogens is 2. The lowest BCUT2D eigenvalue weighted by molar-refractivity contribution is -0.114. The molecule has 37 heavy (non-hydrogen) atoms. The fourth-order valence-corrected chi connectivity index (χ4v) is 5.30. The van der Waals surface area contributed by atoms with Gasteiger partial charge in [0.25, 0.3) is 5.91 Å². The zero-order valence-electron chi connectivity index (χ0n) is 19.7. The number of amidine groups is 2. The number of nitrogens with zero attached hydrogens (tertiary/aromatic N) is 2. The van der Waals surface area contributed by atoms with Crippen LogP contribution in [0.1, 0.15) is 23.6 Å². The van der Waals surface area contributed by atoms with Crippen molar-refractivity contribution in [3.05, 3.63) is 104 Å². The van der Waals surface area contributed by atoms with Crippen molar-refractivity contribution in [2.24, 2.45) is 4.99 Å². The SMILES string of the molecule is CCOc1cc(C=C2C(=N)N3C(c4ccccc4)=CSC3=NC2=O)ccc1OCc1c(Cl)cccc1Cl. The first-order valence-corrected chi connectivity index (χ1v) is 13.1. The summed E-state index contributed by atoms with van der Waals surface area (Å²) in [5.41, 5.74) is 3.30. The standard InChI is InChI=1S/C28H21Cl2N3O3S/c1-2-35-25-14-17(11-12-24(25)36-15-20-21(29)9-6-10-22(20)30)13-19-26(31)33-23(18-7-4-3-5-8-18)16-37-28(33)32-27(19)34/h3-14,16,31H,2,15H2,1H3. The van der Waals surface area contributed by atoms with Crippen molar-refractivity contribution in [1.82, 2.24) is 4.90 Å². The van der Waals surface area contributed by atoms with Gasteiger partial charge in [-0.2, -0.15) is 4.99 Å². The van der Waals surface area contributed by atoms with E-state index in [-0.39, 0.29) is 18.0 Å². The predicted octanol–water partition coefficient (Wildman–Crippen LogP) is 7.28. The van der Waals surface area contributed by atoms with Crippen LogP contribution in [0.3, 0.4) is 0 Å². The molecule has 0 fully saturated rings. The summed E-state index contributed by atoms with van der Waals surface area (Å²) in [5, 5.41) is 12.3. The van der Waals surface area contributed by atoms with E-state index in [9.17, 15) is 4.79 Å². The summed E-state index contributed by atoms with van der Waals surface area (Å²) in [7, 11) is 0. The van der Waals surface area contributed by atoms with Gasteiger partial charge < -0.3 is 9.47 Å². The number of hydrogen-bond acceptors (Lipinski definition) is 5. The summed E-state index contributed by atoms with van der Waals surface area (Å²) in [6.45, 7) is 2.46. The molecule has 0 spiro atoms. The van der Waals surface area contributed by atoms with Crippen molar-refractivity contribution < 1.29 is 14.3 Å². The average Bonchev–Trinajstić information content (AvgIpc) is 3.32.